The lowest BCUT2D eigenvalue weighted by atomic mass is 9.98. The molecule has 0 radical (unpaired) electrons. The Labute approximate surface area is 209 Å². The predicted octanol–water partition coefficient (Wildman–Crippen LogP) is 7.75. The van der Waals surface area contributed by atoms with E-state index in [1.54, 1.807) is 24.3 Å². The van der Waals surface area contributed by atoms with Crippen molar-refractivity contribution >= 4 is 16.1 Å². The molecule has 0 saturated carbocycles. The standard InChI is InChI=1S/C28H48O5S/c1-6-7-8-9-10-11-12-13-18-28(27(32-25(5)29)17-15-14-16-23(2)3)33-34(30,31)26-21-19-24(4)20-22-26/h19-23,27-28H,6-18H2,1-5H3/t27-,28-/m0/s1. The highest BCUT2D eigenvalue weighted by molar-refractivity contribution is 7.86. The van der Waals surface area contributed by atoms with E-state index in [9.17, 15) is 13.2 Å². The van der Waals surface area contributed by atoms with Gasteiger partial charge in [0.15, 0.2) is 0 Å². The van der Waals surface area contributed by atoms with E-state index in [1.165, 1.54) is 39.0 Å². The zero-order valence-electron chi connectivity index (χ0n) is 22.2. The molecule has 1 rings (SSSR count). The molecule has 196 valence electrons. The SMILES string of the molecule is CCCCCCCCCC[C@H](OS(=O)(=O)c1ccc(C)cc1)[C@H](CCCCC(C)C)OC(C)=O. The molecule has 0 heterocycles. The van der Waals surface area contributed by atoms with E-state index < -0.39 is 28.3 Å². The third-order valence-corrected chi connectivity index (χ3v) is 7.50. The lowest BCUT2D eigenvalue weighted by molar-refractivity contribution is -0.152. The maximum atomic E-state index is 13.0. The van der Waals surface area contributed by atoms with Gasteiger partial charge in [0.2, 0.25) is 0 Å². The van der Waals surface area contributed by atoms with E-state index >= 15 is 0 Å². The van der Waals surface area contributed by atoms with Crippen LogP contribution in [0.1, 0.15) is 117 Å². The summed E-state index contributed by atoms with van der Waals surface area (Å²) in [5, 5.41) is 0. The van der Waals surface area contributed by atoms with Gasteiger partial charge in [-0.2, -0.15) is 8.42 Å². The van der Waals surface area contributed by atoms with Gasteiger partial charge in [0.1, 0.15) is 12.2 Å². The maximum absolute atomic E-state index is 13.0. The van der Waals surface area contributed by atoms with Crippen molar-refractivity contribution in [2.45, 2.75) is 135 Å². The molecule has 2 atom stereocenters. The van der Waals surface area contributed by atoms with Gasteiger partial charge in [-0.15, -0.1) is 0 Å². The number of benzene rings is 1. The molecule has 6 heteroatoms. The van der Waals surface area contributed by atoms with E-state index in [-0.39, 0.29) is 4.90 Å². The Morgan fingerprint density at radius 1 is 0.794 bits per heavy atom. The molecule has 0 fully saturated rings. The van der Waals surface area contributed by atoms with Crippen LogP contribution in [-0.2, 0) is 23.8 Å². The molecule has 0 N–H and O–H groups in total. The Morgan fingerprint density at radius 2 is 1.29 bits per heavy atom. The van der Waals surface area contributed by atoms with E-state index in [4.69, 9.17) is 8.92 Å². The molecule has 34 heavy (non-hydrogen) atoms. The fourth-order valence-corrected chi connectivity index (χ4v) is 5.26. The average molecular weight is 497 g/mol. The van der Waals surface area contributed by atoms with Crippen LogP contribution < -0.4 is 0 Å². The van der Waals surface area contributed by atoms with Crippen LogP contribution in [0, 0.1) is 12.8 Å². The van der Waals surface area contributed by atoms with Crippen molar-refractivity contribution in [2.75, 3.05) is 0 Å². The molecule has 0 aromatic heterocycles. The fraction of sp³-hybridized carbons (Fsp3) is 0.750. The first-order valence-corrected chi connectivity index (χ1v) is 14.7. The molecule has 0 spiro atoms. The summed E-state index contributed by atoms with van der Waals surface area (Å²) in [5.74, 6) is 0.213. The highest BCUT2D eigenvalue weighted by Crippen LogP contribution is 2.25. The summed E-state index contributed by atoms with van der Waals surface area (Å²) in [6.45, 7) is 9.88. The van der Waals surface area contributed by atoms with E-state index in [0.29, 0.717) is 18.8 Å². The molecule has 0 unspecified atom stereocenters. The number of rotatable bonds is 19. The zero-order valence-corrected chi connectivity index (χ0v) is 23.0. The van der Waals surface area contributed by atoms with Crippen LogP contribution in [0.5, 0.6) is 0 Å². The van der Waals surface area contributed by atoms with Crippen LogP contribution in [-0.4, -0.2) is 26.6 Å². The lowest BCUT2D eigenvalue weighted by Crippen LogP contribution is -2.35. The molecule has 1 aromatic rings. The summed E-state index contributed by atoms with van der Waals surface area (Å²) in [7, 11) is -3.95. The van der Waals surface area contributed by atoms with E-state index in [2.05, 4.69) is 20.8 Å². The molecule has 1 aromatic carbocycles. The zero-order chi connectivity index (χ0) is 25.4. The summed E-state index contributed by atoms with van der Waals surface area (Å²) in [4.78, 5) is 12.0. The van der Waals surface area contributed by atoms with Gasteiger partial charge >= 0.3 is 5.97 Å². The van der Waals surface area contributed by atoms with Gasteiger partial charge in [0.05, 0.1) is 4.90 Å². The second-order valence-electron chi connectivity index (χ2n) is 9.99. The van der Waals surface area contributed by atoms with Crippen molar-refractivity contribution < 1.29 is 22.1 Å². The van der Waals surface area contributed by atoms with Crippen LogP contribution in [0.15, 0.2) is 29.2 Å². The molecule has 0 aliphatic rings. The minimum atomic E-state index is -3.95. The Hall–Kier alpha value is -1.40. The Kier molecular flexibility index (Phi) is 15.4. The number of carbonyl (C=O) groups excluding carboxylic acids is 1. The number of esters is 1. The van der Waals surface area contributed by atoms with E-state index in [1.807, 2.05) is 6.92 Å². The second-order valence-corrected chi connectivity index (χ2v) is 11.6. The number of unbranched alkanes of at least 4 members (excludes halogenated alkanes) is 8. The summed E-state index contributed by atoms with van der Waals surface area (Å²) in [6.07, 6.45) is 12.2. The van der Waals surface area contributed by atoms with Gasteiger partial charge in [-0.3, -0.25) is 8.98 Å². The monoisotopic (exact) mass is 496 g/mol. The normalized spacial score (nSPS) is 13.7. The molecule has 0 saturated heterocycles. The Morgan fingerprint density at radius 3 is 1.85 bits per heavy atom. The quantitative estimate of drug-likeness (QED) is 0.111. The minimum absolute atomic E-state index is 0.139. The number of aryl methyl sites for hydroxylation is 1. The molecule has 0 amide bonds. The van der Waals surface area contributed by atoms with Crippen molar-refractivity contribution in [1.29, 1.82) is 0 Å². The van der Waals surface area contributed by atoms with Crippen LogP contribution in [0.4, 0.5) is 0 Å². The van der Waals surface area contributed by atoms with Gasteiger partial charge in [-0.25, -0.2) is 0 Å². The van der Waals surface area contributed by atoms with Crippen molar-refractivity contribution in [2.24, 2.45) is 5.92 Å². The molecular formula is C28H48O5S. The van der Waals surface area contributed by atoms with Gasteiger partial charge in [-0.1, -0.05) is 103 Å². The maximum Gasteiger partial charge on any atom is 0.302 e. The minimum Gasteiger partial charge on any atom is -0.460 e. The molecular weight excluding hydrogens is 448 g/mol. The van der Waals surface area contributed by atoms with Crippen LogP contribution >= 0.6 is 0 Å². The largest absolute Gasteiger partial charge is 0.460 e. The third kappa shape index (κ3) is 13.5. The predicted molar refractivity (Wildman–Crippen MR) is 139 cm³/mol. The van der Waals surface area contributed by atoms with Crippen molar-refractivity contribution in [3.8, 4) is 0 Å². The molecule has 5 nitrogen and oxygen atoms in total. The fourth-order valence-electron chi connectivity index (χ4n) is 4.13. The third-order valence-electron chi connectivity index (χ3n) is 6.15. The Bertz CT molecular complexity index is 770. The molecule has 0 bridgehead atoms. The van der Waals surface area contributed by atoms with Gasteiger partial charge in [-0.05, 0) is 44.2 Å². The average Bonchev–Trinajstić information content (AvgIpc) is 2.76. The van der Waals surface area contributed by atoms with Crippen molar-refractivity contribution in [3.05, 3.63) is 29.8 Å². The first-order chi connectivity index (χ1) is 16.2. The molecule has 0 aliphatic heterocycles. The van der Waals surface area contributed by atoms with Gasteiger partial charge < -0.3 is 4.74 Å². The van der Waals surface area contributed by atoms with Crippen LogP contribution in [0.2, 0.25) is 0 Å². The van der Waals surface area contributed by atoms with E-state index in [0.717, 1.165) is 44.1 Å². The second kappa shape index (κ2) is 17.1. The number of hydrogen-bond acceptors (Lipinski definition) is 5. The first-order valence-electron chi connectivity index (χ1n) is 13.3. The summed E-state index contributed by atoms with van der Waals surface area (Å²) in [6, 6.07) is 6.67. The van der Waals surface area contributed by atoms with Gasteiger partial charge in [0.25, 0.3) is 10.1 Å². The highest BCUT2D eigenvalue weighted by Gasteiger charge is 2.30. The topological polar surface area (TPSA) is 69.7 Å². The summed E-state index contributed by atoms with van der Waals surface area (Å²) < 4.78 is 37.4. The van der Waals surface area contributed by atoms with Crippen molar-refractivity contribution in [3.63, 3.8) is 0 Å². The number of hydrogen-bond donors (Lipinski definition) is 0. The lowest BCUT2D eigenvalue weighted by Gasteiger charge is -2.27. The number of carbonyl (C=O) groups is 1. The number of ether oxygens (including phenoxy) is 1. The highest BCUT2D eigenvalue weighted by atomic mass is 32.2. The summed E-state index contributed by atoms with van der Waals surface area (Å²) in [5.41, 5.74) is 0.984. The summed E-state index contributed by atoms with van der Waals surface area (Å²) >= 11 is 0. The smallest absolute Gasteiger partial charge is 0.302 e. The first kappa shape index (κ1) is 30.6. The van der Waals surface area contributed by atoms with Gasteiger partial charge in [0, 0.05) is 6.92 Å². The Balaban J connectivity index is 2.85. The van der Waals surface area contributed by atoms with Crippen LogP contribution in [0.3, 0.4) is 0 Å². The van der Waals surface area contributed by atoms with Crippen molar-refractivity contribution in [1.82, 2.24) is 0 Å². The molecule has 0 aliphatic carbocycles. The van der Waals surface area contributed by atoms with Crippen LogP contribution in [0.25, 0.3) is 0 Å².